The van der Waals surface area contributed by atoms with E-state index in [1.165, 1.54) is 19.3 Å². The molecule has 4 heteroatoms. The van der Waals surface area contributed by atoms with Crippen LogP contribution in [0.15, 0.2) is 0 Å². The summed E-state index contributed by atoms with van der Waals surface area (Å²) in [6.45, 7) is 9.94. The third-order valence-corrected chi connectivity index (χ3v) is 4.79. The highest BCUT2D eigenvalue weighted by atomic mass is 16.6. The molecule has 2 aliphatic carbocycles. The number of alkyl carbamates (subject to hydrolysis) is 1. The molecule has 0 bridgehead atoms. The van der Waals surface area contributed by atoms with E-state index in [9.17, 15) is 4.79 Å². The summed E-state index contributed by atoms with van der Waals surface area (Å²) in [5.41, 5.74) is 6.21. The molecular weight excluding hydrogens is 252 g/mol. The van der Waals surface area contributed by atoms with E-state index in [0.29, 0.717) is 11.3 Å². The number of nitrogens with two attached hydrogens (primary N) is 1. The Labute approximate surface area is 122 Å². The number of carbonyl (C=O) groups is 1. The van der Waals surface area contributed by atoms with E-state index in [1.54, 1.807) is 0 Å². The molecule has 0 radical (unpaired) electrons. The maximum atomic E-state index is 11.8. The van der Waals surface area contributed by atoms with Crippen molar-refractivity contribution in [3.63, 3.8) is 0 Å². The van der Waals surface area contributed by atoms with E-state index < -0.39 is 5.60 Å². The quantitative estimate of drug-likeness (QED) is 0.817. The standard InChI is InChI=1S/C16H30N2O2/c1-14(2,3)20-13(19)18-11-6-8-16(9-7-11)10-12(16)15(4,5)17/h11-12H,6-10,17H2,1-5H3,(H,18,19)/t11?,12-,16?/m0/s1. The predicted octanol–water partition coefficient (Wildman–Crippen LogP) is 3.20. The van der Waals surface area contributed by atoms with Gasteiger partial charge in [0.1, 0.15) is 5.60 Å². The Kier molecular flexibility index (Phi) is 3.83. The summed E-state index contributed by atoms with van der Waals surface area (Å²) < 4.78 is 5.31. The minimum atomic E-state index is -0.425. The summed E-state index contributed by atoms with van der Waals surface area (Å²) >= 11 is 0. The van der Waals surface area contributed by atoms with E-state index in [1.807, 2.05) is 20.8 Å². The van der Waals surface area contributed by atoms with Crippen LogP contribution in [0.3, 0.4) is 0 Å². The smallest absolute Gasteiger partial charge is 0.407 e. The van der Waals surface area contributed by atoms with Crippen molar-refractivity contribution in [1.29, 1.82) is 0 Å². The summed E-state index contributed by atoms with van der Waals surface area (Å²) in [5.74, 6) is 0.650. The van der Waals surface area contributed by atoms with Gasteiger partial charge in [-0.1, -0.05) is 0 Å². The van der Waals surface area contributed by atoms with Crippen molar-refractivity contribution >= 4 is 6.09 Å². The molecule has 3 N–H and O–H groups in total. The zero-order chi connectivity index (χ0) is 15.2. The first-order valence-electron chi connectivity index (χ1n) is 7.80. The Morgan fingerprint density at radius 2 is 1.75 bits per heavy atom. The minimum Gasteiger partial charge on any atom is -0.444 e. The van der Waals surface area contributed by atoms with Gasteiger partial charge >= 0.3 is 6.09 Å². The highest BCUT2D eigenvalue weighted by Gasteiger charge is 2.59. The van der Waals surface area contributed by atoms with Gasteiger partial charge in [0.05, 0.1) is 0 Å². The first-order chi connectivity index (χ1) is 9.02. The fraction of sp³-hybridized carbons (Fsp3) is 0.938. The normalized spacial score (nSPS) is 33.9. The lowest BCUT2D eigenvalue weighted by Gasteiger charge is -2.33. The first kappa shape index (κ1) is 15.6. The number of amides is 1. The van der Waals surface area contributed by atoms with Gasteiger partial charge in [0.15, 0.2) is 0 Å². The molecule has 0 aromatic rings. The summed E-state index contributed by atoms with van der Waals surface area (Å²) in [7, 11) is 0. The van der Waals surface area contributed by atoms with Crippen molar-refractivity contribution in [2.45, 2.75) is 83.9 Å². The molecule has 2 saturated carbocycles. The molecule has 116 valence electrons. The molecule has 0 saturated heterocycles. The van der Waals surface area contributed by atoms with E-state index in [2.05, 4.69) is 19.2 Å². The molecule has 4 nitrogen and oxygen atoms in total. The van der Waals surface area contributed by atoms with Crippen LogP contribution < -0.4 is 11.1 Å². The zero-order valence-electron chi connectivity index (χ0n) is 13.6. The Hall–Kier alpha value is -0.770. The van der Waals surface area contributed by atoms with Crippen LogP contribution in [0.1, 0.15) is 66.7 Å². The Balaban J connectivity index is 1.77. The fourth-order valence-corrected chi connectivity index (χ4v) is 3.76. The van der Waals surface area contributed by atoms with Gasteiger partial charge in [-0.3, -0.25) is 0 Å². The summed E-state index contributed by atoms with van der Waals surface area (Å²) in [4.78, 5) is 11.8. The molecule has 1 amide bonds. The number of nitrogens with one attached hydrogen (secondary N) is 1. The van der Waals surface area contributed by atoms with Gasteiger partial charge in [-0.2, -0.15) is 0 Å². The van der Waals surface area contributed by atoms with Gasteiger partial charge < -0.3 is 15.8 Å². The second-order valence-corrected chi connectivity index (χ2v) is 8.36. The molecule has 2 fully saturated rings. The monoisotopic (exact) mass is 282 g/mol. The highest BCUT2D eigenvalue weighted by Crippen LogP contribution is 2.64. The second-order valence-electron chi connectivity index (χ2n) is 8.36. The van der Waals surface area contributed by atoms with Crippen molar-refractivity contribution < 1.29 is 9.53 Å². The molecule has 1 spiro atoms. The topological polar surface area (TPSA) is 64.3 Å². The number of carbonyl (C=O) groups excluding carboxylic acids is 1. The maximum Gasteiger partial charge on any atom is 0.407 e. The van der Waals surface area contributed by atoms with Gasteiger partial charge in [0.25, 0.3) is 0 Å². The molecule has 0 aromatic heterocycles. The molecule has 1 atom stereocenters. The number of rotatable bonds is 2. The van der Waals surface area contributed by atoms with Crippen molar-refractivity contribution in [2.24, 2.45) is 17.1 Å². The minimum absolute atomic E-state index is 0.0641. The highest BCUT2D eigenvalue weighted by molar-refractivity contribution is 5.68. The van der Waals surface area contributed by atoms with Crippen LogP contribution in [0.25, 0.3) is 0 Å². The average Bonchev–Trinajstić information content (AvgIpc) is 2.94. The summed E-state index contributed by atoms with van der Waals surface area (Å²) in [5, 5.41) is 3.00. The van der Waals surface area contributed by atoms with Crippen LogP contribution in [-0.4, -0.2) is 23.3 Å². The Bertz CT molecular complexity index is 371. The van der Waals surface area contributed by atoms with Gasteiger partial charge in [-0.15, -0.1) is 0 Å². The third-order valence-electron chi connectivity index (χ3n) is 4.79. The molecule has 20 heavy (non-hydrogen) atoms. The lowest BCUT2D eigenvalue weighted by molar-refractivity contribution is 0.0482. The number of hydrogen-bond donors (Lipinski definition) is 2. The van der Waals surface area contributed by atoms with Gasteiger partial charge in [-0.25, -0.2) is 4.79 Å². The van der Waals surface area contributed by atoms with Crippen molar-refractivity contribution in [3.05, 3.63) is 0 Å². The molecule has 0 aromatic carbocycles. The fourth-order valence-electron chi connectivity index (χ4n) is 3.76. The van der Waals surface area contributed by atoms with E-state index >= 15 is 0 Å². The third kappa shape index (κ3) is 3.66. The van der Waals surface area contributed by atoms with Crippen LogP contribution >= 0.6 is 0 Å². The van der Waals surface area contributed by atoms with Crippen molar-refractivity contribution in [3.8, 4) is 0 Å². The summed E-state index contributed by atoms with van der Waals surface area (Å²) in [6.07, 6.45) is 5.43. The second kappa shape index (κ2) is 4.90. The van der Waals surface area contributed by atoms with Crippen LogP contribution in [0.2, 0.25) is 0 Å². The van der Waals surface area contributed by atoms with Crippen molar-refractivity contribution in [1.82, 2.24) is 5.32 Å². The van der Waals surface area contributed by atoms with Crippen LogP contribution in [0, 0.1) is 11.3 Å². The van der Waals surface area contributed by atoms with Crippen LogP contribution in [0.4, 0.5) is 4.79 Å². The van der Waals surface area contributed by atoms with Gasteiger partial charge in [-0.05, 0) is 78.1 Å². The predicted molar refractivity (Wildman–Crippen MR) is 80.4 cm³/mol. The lowest BCUT2D eigenvalue weighted by atomic mass is 9.78. The van der Waals surface area contributed by atoms with E-state index in [-0.39, 0.29) is 17.7 Å². The first-order valence-corrected chi connectivity index (χ1v) is 7.80. The van der Waals surface area contributed by atoms with Crippen molar-refractivity contribution in [2.75, 3.05) is 0 Å². The van der Waals surface area contributed by atoms with Crippen LogP contribution in [0.5, 0.6) is 0 Å². The van der Waals surface area contributed by atoms with Gasteiger partial charge in [0, 0.05) is 11.6 Å². The molecular formula is C16H30N2O2. The largest absolute Gasteiger partial charge is 0.444 e. The molecule has 0 aliphatic heterocycles. The molecule has 0 heterocycles. The van der Waals surface area contributed by atoms with E-state index in [0.717, 1.165) is 12.8 Å². The van der Waals surface area contributed by atoms with Crippen LogP contribution in [-0.2, 0) is 4.74 Å². The SMILES string of the molecule is CC(C)(C)OC(=O)NC1CCC2(CC1)C[C@H]2C(C)(C)N. The molecule has 2 rings (SSSR count). The van der Waals surface area contributed by atoms with E-state index in [4.69, 9.17) is 10.5 Å². The lowest BCUT2D eigenvalue weighted by Crippen LogP contribution is -2.43. The number of hydrogen-bond acceptors (Lipinski definition) is 3. The Morgan fingerprint density at radius 1 is 1.20 bits per heavy atom. The number of ether oxygens (including phenoxy) is 1. The van der Waals surface area contributed by atoms with Gasteiger partial charge in [0.2, 0.25) is 0 Å². The maximum absolute atomic E-state index is 11.8. The summed E-state index contributed by atoms with van der Waals surface area (Å²) in [6, 6.07) is 0.262. The zero-order valence-corrected chi connectivity index (χ0v) is 13.6. The molecule has 2 aliphatic rings. The average molecular weight is 282 g/mol. The molecule has 0 unspecified atom stereocenters. The Morgan fingerprint density at radius 3 is 2.15 bits per heavy atom.